The van der Waals surface area contributed by atoms with Gasteiger partial charge in [0.15, 0.2) is 0 Å². The first-order valence-corrected chi connectivity index (χ1v) is 10.2. The summed E-state index contributed by atoms with van der Waals surface area (Å²) in [5, 5.41) is 4.02. The Hall–Kier alpha value is -2.60. The van der Waals surface area contributed by atoms with Gasteiger partial charge in [0.25, 0.3) is 5.56 Å². The third-order valence-corrected chi connectivity index (χ3v) is 6.87. The highest BCUT2D eigenvalue weighted by atomic mass is 35.5. The summed E-state index contributed by atoms with van der Waals surface area (Å²) in [5.74, 6) is -0.420. The Balaban J connectivity index is 1.52. The molecule has 1 N–H and O–H groups in total. The van der Waals surface area contributed by atoms with Crippen molar-refractivity contribution in [1.82, 2.24) is 9.55 Å². The lowest BCUT2D eigenvalue weighted by Crippen LogP contribution is -2.59. The van der Waals surface area contributed by atoms with Crippen LogP contribution < -0.4 is 15.8 Å². The lowest BCUT2D eigenvalue weighted by Gasteiger charge is -2.57. The van der Waals surface area contributed by atoms with E-state index >= 15 is 0 Å². The largest absolute Gasteiger partial charge is 0.369 e. The van der Waals surface area contributed by atoms with E-state index in [9.17, 15) is 9.18 Å². The highest BCUT2D eigenvalue weighted by Crippen LogP contribution is 2.51. The maximum absolute atomic E-state index is 14.7. The second kappa shape index (κ2) is 6.46. The highest BCUT2D eigenvalue weighted by Gasteiger charge is 2.47. The summed E-state index contributed by atoms with van der Waals surface area (Å²) in [6.07, 6.45) is 5.34. The topological polar surface area (TPSA) is 50.2 Å². The molecule has 0 unspecified atom stereocenters. The second-order valence-corrected chi connectivity index (χ2v) is 8.76. The van der Waals surface area contributed by atoms with Gasteiger partial charge in [0.05, 0.1) is 33.6 Å². The minimum Gasteiger partial charge on any atom is -0.369 e. The molecule has 0 bridgehead atoms. The maximum Gasteiger partial charge on any atom is 0.261 e. The third kappa shape index (κ3) is 2.81. The van der Waals surface area contributed by atoms with Gasteiger partial charge in [-0.2, -0.15) is 0 Å². The van der Waals surface area contributed by atoms with E-state index in [4.69, 9.17) is 11.6 Å². The summed E-state index contributed by atoms with van der Waals surface area (Å²) in [6, 6.07) is 6.77. The monoisotopic (exact) mass is 412 g/mol. The number of anilines is 3. The van der Waals surface area contributed by atoms with Crippen LogP contribution in [0.3, 0.4) is 0 Å². The van der Waals surface area contributed by atoms with Crippen molar-refractivity contribution in [3.05, 3.63) is 57.3 Å². The van der Waals surface area contributed by atoms with Crippen LogP contribution in [0.25, 0.3) is 10.9 Å². The van der Waals surface area contributed by atoms with Crippen LogP contribution in [0.4, 0.5) is 21.5 Å². The van der Waals surface area contributed by atoms with E-state index < -0.39 is 5.82 Å². The molecular weight excluding hydrogens is 391 g/mol. The van der Waals surface area contributed by atoms with Gasteiger partial charge in [-0.1, -0.05) is 18.0 Å². The van der Waals surface area contributed by atoms with E-state index in [0.717, 1.165) is 24.3 Å². The van der Waals surface area contributed by atoms with Crippen molar-refractivity contribution in [1.29, 1.82) is 0 Å². The minimum atomic E-state index is -0.420. The van der Waals surface area contributed by atoms with E-state index in [1.807, 2.05) is 6.92 Å². The van der Waals surface area contributed by atoms with Crippen molar-refractivity contribution in [3.63, 3.8) is 0 Å². The molecule has 5 rings (SSSR count). The van der Waals surface area contributed by atoms with Gasteiger partial charge in [-0.3, -0.25) is 4.79 Å². The van der Waals surface area contributed by atoms with Crippen LogP contribution in [-0.2, 0) is 7.05 Å². The van der Waals surface area contributed by atoms with Crippen molar-refractivity contribution >= 4 is 39.6 Å². The van der Waals surface area contributed by atoms with E-state index in [0.29, 0.717) is 27.0 Å². The highest BCUT2D eigenvalue weighted by molar-refractivity contribution is 6.36. The van der Waals surface area contributed by atoms with Crippen LogP contribution in [0.2, 0.25) is 5.02 Å². The summed E-state index contributed by atoms with van der Waals surface area (Å²) in [7, 11) is 1.66. The van der Waals surface area contributed by atoms with Crippen molar-refractivity contribution in [2.75, 3.05) is 23.3 Å². The van der Waals surface area contributed by atoms with Gasteiger partial charge in [-0.05, 0) is 49.6 Å². The van der Waals surface area contributed by atoms with Gasteiger partial charge in [0.1, 0.15) is 5.82 Å². The summed E-state index contributed by atoms with van der Waals surface area (Å²) in [4.78, 5) is 19.1. The van der Waals surface area contributed by atoms with Crippen molar-refractivity contribution < 1.29 is 4.39 Å². The summed E-state index contributed by atoms with van der Waals surface area (Å²) >= 11 is 6.63. The Morgan fingerprint density at radius 2 is 1.97 bits per heavy atom. The number of nitrogens with zero attached hydrogens (tertiary/aromatic N) is 3. The number of rotatable bonds is 3. The molecule has 3 aromatic rings. The number of benzene rings is 2. The van der Waals surface area contributed by atoms with Crippen LogP contribution in [0.5, 0.6) is 0 Å². The molecule has 1 saturated carbocycles. The van der Waals surface area contributed by atoms with Gasteiger partial charge in [-0.15, -0.1) is 0 Å². The molecule has 7 heteroatoms. The molecule has 0 radical (unpaired) electrons. The predicted octanol–water partition coefficient (Wildman–Crippen LogP) is 4.77. The lowest BCUT2D eigenvalue weighted by atomic mass is 9.63. The molecule has 1 saturated heterocycles. The van der Waals surface area contributed by atoms with Crippen LogP contribution >= 0.6 is 11.6 Å². The third-order valence-electron chi connectivity index (χ3n) is 6.49. The first-order valence-electron chi connectivity index (χ1n) is 9.83. The molecule has 150 valence electrons. The van der Waals surface area contributed by atoms with Gasteiger partial charge >= 0.3 is 0 Å². The number of nitrogens with one attached hydrogen (secondary N) is 1. The minimum absolute atomic E-state index is 0.136. The number of aromatic nitrogens is 2. The summed E-state index contributed by atoms with van der Waals surface area (Å²) < 4.78 is 16.1. The zero-order valence-electron chi connectivity index (χ0n) is 16.4. The van der Waals surface area contributed by atoms with Crippen molar-refractivity contribution in [2.45, 2.75) is 26.2 Å². The van der Waals surface area contributed by atoms with E-state index in [-0.39, 0.29) is 11.2 Å². The fourth-order valence-corrected chi connectivity index (χ4v) is 4.87. The smallest absolute Gasteiger partial charge is 0.261 e. The molecule has 1 spiro atoms. The Labute approximate surface area is 173 Å². The molecule has 5 nitrogen and oxygen atoms in total. The van der Waals surface area contributed by atoms with Gasteiger partial charge in [0.2, 0.25) is 0 Å². The van der Waals surface area contributed by atoms with Gasteiger partial charge in [0, 0.05) is 31.2 Å². The quantitative estimate of drug-likeness (QED) is 0.673. The first-order chi connectivity index (χ1) is 13.9. The number of fused-ring (bicyclic) bond motifs is 1. The molecule has 2 heterocycles. The van der Waals surface area contributed by atoms with Crippen LogP contribution in [0, 0.1) is 18.2 Å². The maximum atomic E-state index is 14.7. The number of aryl methyl sites for hydroxylation is 2. The normalized spacial score (nSPS) is 17.3. The van der Waals surface area contributed by atoms with Crippen molar-refractivity contribution in [2.24, 2.45) is 12.5 Å². The lowest BCUT2D eigenvalue weighted by molar-refractivity contribution is 0.0904. The molecule has 0 atom stereocenters. The molecular formula is C22H22ClFN4O. The number of hydrogen-bond donors (Lipinski definition) is 1. The first kappa shape index (κ1) is 18.4. The SMILES string of the molecule is Cc1c(Nc2c(F)ccc(N3CC4(CCC4)C3)c2Cl)ccc2ncn(C)c(=O)c12. The van der Waals surface area contributed by atoms with E-state index in [1.54, 1.807) is 25.2 Å². The standard InChI is InChI=1S/C22H22ClFN4O/c1-13-15(5-6-16-18(13)21(29)27(2)12-25-16)26-20-14(24)4-7-17(19(20)23)28-10-22(11-28)8-3-9-22/h4-7,12,26H,3,8-11H2,1-2H3. The van der Waals surface area contributed by atoms with Gasteiger partial charge in [-0.25, -0.2) is 9.37 Å². The van der Waals surface area contributed by atoms with Crippen molar-refractivity contribution in [3.8, 4) is 0 Å². The number of halogens is 2. The molecule has 1 aliphatic heterocycles. The summed E-state index contributed by atoms with van der Waals surface area (Å²) in [5.41, 5.74) is 3.37. The Morgan fingerprint density at radius 3 is 2.66 bits per heavy atom. The van der Waals surface area contributed by atoms with E-state index in [1.165, 1.54) is 36.2 Å². The zero-order valence-corrected chi connectivity index (χ0v) is 17.2. The Bertz CT molecular complexity index is 1190. The molecule has 1 aliphatic carbocycles. The Kier molecular flexibility index (Phi) is 4.10. The number of hydrogen-bond acceptors (Lipinski definition) is 4. The van der Waals surface area contributed by atoms with Gasteiger partial charge < -0.3 is 14.8 Å². The van der Waals surface area contributed by atoms with E-state index in [2.05, 4.69) is 15.2 Å². The second-order valence-electron chi connectivity index (χ2n) is 8.38. The van der Waals surface area contributed by atoms with Crippen LogP contribution in [0.1, 0.15) is 24.8 Å². The van der Waals surface area contributed by atoms with Crippen LogP contribution in [0.15, 0.2) is 35.4 Å². The van der Waals surface area contributed by atoms with Crippen LogP contribution in [-0.4, -0.2) is 22.6 Å². The fourth-order valence-electron chi connectivity index (χ4n) is 4.55. The molecule has 2 aliphatic rings. The molecule has 2 aromatic carbocycles. The predicted molar refractivity (Wildman–Crippen MR) is 115 cm³/mol. The fraction of sp³-hybridized carbons (Fsp3) is 0.364. The zero-order chi connectivity index (χ0) is 20.3. The Morgan fingerprint density at radius 1 is 1.21 bits per heavy atom. The summed E-state index contributed by atoms with van der Waals surface area (Å²) in [6.45, 7) is 3.79. The molecule has 0 amide bonds. The average Bonchev–Trinajstić information content (AvgIpc) is 2.62. The molecule has 2 fully saturated rings. The average molecular weight is 413 g/mol. The molecule has 29 heavy (non-hydrogen) atoms. The molecule has 1 aromatic heterocycles.